The van der Waals surface area contributed by atoms with E-state index < -0.39 is 5.69 Å². The summed E-state index contributed by atoms with van der Waals surface area (Å²) in [6.07, 6.45) is 2.30. The number of furan rings is 1. The van der Waals surface area contributed by atoms with Gasteiger partial charge in [-0.3, -0.25) is 14.2 Å². The molecule has 0 spiro atoms. The Labute approximate surface area is 169 Å². The second-order valence-corrected chi connectivity index (χ2v) is 8.12. The fourth-order valence-electron chi connectivity index (χ4n) is 3.12. The van der Waals surface area contributed by atoms with E-state index in [9.17, 15) is 14.4 Å². The molecule has 0 aliphatic carbocycles. The topological polar surface area (TPSA) is 104 Å². The van der Waals surface area contributed by atoms with E-state index in [1.807, 2.05) is 0 Å². The summed E-state index contributed by atoms with van der Waals surface area (Å²) in [5.74, 6) is 0.889. The fraction of sp³-hybridized carbons (Fsp3) is 0.368. The Morgan fingerprint density at radius 3 is 2.86 bits per heavy atom. The van der Waals surface area contributed by atoms with Crippen LogP contribution in [0.15, 0.2) is 43.8 Å². The number of fused-ring (bicyclic) bond motifs is 3. The van der Waals surface area contributed by atoms with Gasteiger partial charge in [0.25, 0.3) is 5.56 Å². The maximum absolute atomic E-state index is 13.0. The Bertz CT molecular complexity index is 1280. The summed E-state index contributed by atoms with van der Waals surface area (Å²) in [4.78, 5) is 38.2. The summed E-state index contributed by atoms with van der Waals surface area (Å²) in [6, 6.07) is 5.21. The van der Waals surface area contributed by atoms with Gasteiger partial charge in [0.15, 0.2) is 0 Å². The van der Waals surface area contributed by atoms with Crippen LogP contribution in [0.1, 0.15) is 26.0 Å². The lowest BCUT2D eigenvalue weighted by Crippen LogP contribution is -2.32. The number of carbonyl (C=O) groups is 1. The van der Waals surface area contributed by atoms with Gasteiger partial charge in [0, 0.05) is 6.54 Å². The van der Waals surface area contributed by atoms with Gasteiger partial charge in [-0.1, -0.05) is 13.8 Å². The Hall–Kier alpha value is -3.14. The number of thiophene rings is 1. The lowest BCUT2D eigenvalue weighted by Gasteiger charge is -2.09. The quantitative estimate of drug-likeness (QED) is 0.496. The van der Waals surface area contributed by atoms with Gasteiger partial charge < -0.3 is 9.73 Å². The van der Waals surface area contributed by atoms with Crippen LogP contribution >= 0.6 is 11.3 Å². The Morgan fingerprint density at radius 1 is 1.31 bits per heavy atom. The van der Waals surface area contributed by atoms with Crippen LogP contribution < -0.4 is 16.6 Å². The van der Waals surface area contributed by atoms with E-state index in [1.54, 1.807) is 23.6 Å². The molecule has 0 fully saturated rings. The number of amides is 1. The monoisotopic (exact) mass is 415 g/mol. The van der Waals surface area contributed by atoms with E-state index in [0.717, 1.165) is 11.1 Å². The second-order valence-electron chi connectivity index (χ2n) is 7.21. The molecule has 0 saturated carbocycles. The zero-order valence-electron chi connectivity index (χ0n) is 16.1. The summed E-state index contributed by atoms with van der Waals surface area (Å²) in [5.41, 5.74) is -0.0968. The molecule has 1 amide bonds. The van der Waals surface area contributed by atoms with Crippen LogP contribution in [0.5, 0.6) is 0 Å². The molecule has 0 saturated heterocycles. The van der Waals surface area contributed by atoms with E-state index >= 15 is 0 Å². The van der Waals surface area contributed by atoms with Crippen molar-refractivity contribution in [1.82, 2.24) is 24.1 Å². The number of hydrogen-bond acceptors (Lipinski definition) is 6. The summed E-state index contributed by atoms with van der Waals surface area (Å²) in [5, 5.41) is 8.79. The molecular weight excluding hydrogens is 394 g/mol. The number of hydrogen-bond donors (Lipinski definition) is 1. The molecule has 4 heterocycles. The average Bonchev–Trinajstić information content (AvgIpc) is 3.41. The molecule has 152 valence electrons. The van der Waals surface area contributed by atoms with Crippen molar-refractivity contribution in [2.45, 2.75) is 39.9 Å². The molecular formula is C19H21N5O4S. The third kappa shape index (κ3) is 3.63. The van der Waals surface area contributed by atoms with Gasteiger partial charge in [-0.25, -0.2) is 13.9 Å². The zero-order chi connectivity index (χ0) is 20.5. The van der Waals surface area contributed by atoms with Crippen molar-refractivity contribution in [2.24, 2.45) is 5.92 Å². The first-order valence-electron chi connectivity index (χ1n) is 9.34. The minimum Gasteiger partial charge on any atom is -0.467 e. The summed E-state index contributed by atoms with van der Waals surface area (Å²) in [7, 11) is 0. The van der Waals surface area contributed by atoms with E-state index in [2.05, 4.69) is 24.3 Å². The molecule has 0 radical (unpaired) electrons. The second kappa shape index (κ2) is 7.70. The minimum absolute atomic E-state index is 0.164. The van der Waals surface area contributed by atoms with Gasteiger partial charge in [-0.15, -0.1) is 16.4 Å². The molecule has 0 unspecified atom stereocenters. The van der Waals surface area contributed by atoms with Gasteiger partial charge in [0.2, 0.25) is 11.7 Å². The molecule has 0 bridgehead atoms. The number of aromatic nitrogens is 4. The Kier molecular flexibility index (Phi) is 5.10. The third-order valence-corrected chi connectivity index (χ3v) is 5.54. The Morgan fingerprint density at radius 2 is 2.14 bits per heavy atom. The molecule has 1 N–H and O–H groups in total. The highest BCUT2D eigenvalue weighted by Crippen LogP contribution is 2.17. The van der Waals surface area contributed by atoms with Gasteiger partial charge >= 0.3 is 5.69 Å². The minimum atomic E-state index is -0.449. The van der Waals surface area contributed by atoms with Crippen LogP contribution in [0, 0.1) is 5.92 Å². The first kappa shape index (κ1) is 19.2. The van der Waals surface area contributed by atoms with Crippen molar-refractivity contribution in [3.05, 3.63) is 56.4 Å². The lowest BCUT2D eigenvalue weighted by molar-refractivity contribution is -0.122. The standard InChI is InChI=1S/C19H21N5O4S/c1-12(2)5-7-22-17(26)16-14(6-9-29-16)24-18(22)21-23(19(24)27)11-15(25)20-10-13-4-3-8-28-13/h3-4,6,8-9,12H,5,7,10-11H2,1-2H3,(H,20,25). The number of rotatable bonds is 7. The molecule has 4 rings (SSSR count). The van der Waals surface area contributed by atoms with E-state index in [1.165, 1.54) is 26.6 Å². The predicted molar refractivity (Wildman–Crippen MR) is 109 cm³/mol. The van der Waals surface area contributed by atoms with Crippen LogP contribution in [0.25, 0.3) is 16.0 Å². The van der Waals surface area contributed by atoms with Crippen LogP contribution in [0.4, 0.5) is 0 Å². The molecule has 10 heteroatoms. The van der Waals surface area contributed by atoms with Gasteiger partial charge in [-0.2, -0.15) is 0 Å². The maximum Gasteiger partial charge on any atom is 0.352 e. The first-order chi connectivity index (χ1) is 14.0. The zero-order valence-corrected chi connectivity index (χ0v) is 16.9. The highest BCUT2D eigenvalue weighted by Gasteiger charge is 2.19. The highest BCUT2D eigenvalue weighted by molar-refractivity contribution is 7.17. The first-order valence-corrected chi connectivity index (χ1v) is 10.2. The van der Waals surface area contributed by atoms with Crippen molar-refractivity contribution in [2.75, 3.05) is 0 Å². The molecule has 9 nitrogen and oxygen atoms in total. The molecule has 29 heavy (non-hydrogen) atoms. The van der Waals surface area contributed by atoms with Crippen molar-refractivity contribution >= 4 is 33.2 Å². The molecule has 0 aliphatic rings. The molecule has 0 aliphatic heterocycles. The van der Waals surface area contributed by atoms with E-state index in [-0.39, 0.29) is 30.3 Å². The largest absolute Gasteiger partial charge is 0.467 e. The van der Waals surface area contributed by atoms with Crippen LogP contribution in [0.2, 0.25) is 0 Å². The summed E-state index contributed by atoms with van der Waals surface area (Å²) < 4.78 is 9.71. The lowest BCUT2D eigenvalue weighted by atomic mass is 10.1. The van der Waals surface area contributed by atoms with Gasteiger partial charge in [-0.05, 0) is 35.9 Å². The number of carbonyl (C=O) groups excluding carboxylic acids is 1. The van der Waals surface area contributed by atoms with Crippen LogP contribution in [-0.4, -0.2) is 24.7 Å². The van der Waals surface area contributed by atoms with Gasteiger partial charge in [0.1, 0.15) is 17.0 Å². The van der Waals surface area contributed by atoms with Crippen molar-refractivity contribution in [3.63, 3.8) is 0 Å². The Balaban J connectivity index is 1.71. The highest BCUT2D eigenvalue weighted by atomic mass is 32.1. The number of nitrogens with one attached hydrogen (secondary N) is 1. The smallest absolute Gasteiger partial charge is 0.352 e. The third-order valence-electron chi connectivity index (χ3n) is 4.65. The van der Waals surface area contributed by atoms with E-state index in [0.29, 0.717) is 28.4 Å². The normalized spacial score (nSPS) is 11.7. The molecule has 4 aromatic heterocycles. The van der Waals surface area contributed by atoms with Crippen molar-refractivity contribution in [3.8, 4) is 0 Å². The molecule has 0 aromatic carbocycles. The van der Waals surface area contributed by atoms with Crippen LogP contribution in [-0.2, 0) is 24.4 Å². The summed E-state index contributed by atoms with van der Waals surface area (Å²) in [6.45, 7) is 4.57. The molecule has 4 aromatic rings. The molecule has 0 atom stereocenters. The maximum atomic E-state index is 13.0. The van der Waals surface area contributed by atoms with Gasteiger partial charge in [0.05, 0.1) is 18.3 Å². The fourth-order valence-corrected chi connectivity index (χ4v) is 3.94. The average molecular weight is 415 g/mol. The summed E-state index contributed by atoms with van der Waals surface area (Å²) >= 11 is 1.30. The van der Waals surface area contributed by atoms with Crippen molar-refractivity contribution in [1.29, 1.82) is 0 Å². The van der Waals surface area contributed by atoms with Crippen LogP contribution in [0.3, 0.4) is 0 Å². The number of aryl methyl sites for hydroxylation is 1. The SMILES string of the molecule is CC(C)CCn1c(=O)c2sccc2n2c(=O)n(CC(=O)NCc3ccco3)nc12. The predicted octanol–water partition coefficient (Wildman–Crippen LogP) is 1.83. The van der Waals surface area contributed by atoms with Crippen molar-refractivity contribution < 1.29 is 9.21 Å². The van der Waals surface area contributed by atoms with E-state index in [4.69, 9.17) is 4.42 Å². The number of nitrogens with zero attached hydrogens (tertiary/aromatic N) is 4.